The van der Waals surface area contributed by atoms with E-state index in [-0.39, 0.29) is 0 Å². The van der Waals surface area contributed by atoms with Crippen molar-refractivity contribution in [3.05, 3.63) is 16.1 Å². The lowest BCUT2D eigenvalue weighted by atomic mass is 10.2. The monoisotopic (exact) mass is 475 g/mol. The lowest BCUT2D eigenvalue weighted by Crippen LogP contribution is -2.50. The first-order valence-electron chi connectivity index (χ1n) is 11.1. The molecule has 1 rings (SSSR count). The maximum atomic E-state index is 10.9. The van der Waals surface area contributed by atoms with Gasteiger partial charge in [0.25, 0.3) is 0 Å². The summed E-state index contributed by atoms with van der Waals surface area (Å²) in [6, 6.07) is -0.677. The van der Waals surface area contributed by atoms with E-state index in [4.69, 9.17) is 14.6 Å². The van der Waals surface area contributed by atoms with Crippen molar-refractivity contribution in [2.75, 3.05) is 21.3 Å². The summed E-state index contributed by atoms with van der Waals surface area (Å²) in [7, 11) is 5.11. The highest BCUT2D eigenvalue weighted by atomic mass is 32.1. The molecule has 32 heavy (non-hydrogen) atoms. The van der Waals surface area contributed by atoms with E-state index in [1.165, 1.54) is 6.42 Å². The predicted octanol–water partition coefficient (Wildman–Crippen LogP) is 5.42. The van der Waals surface area contributed by atoms with Gasteiger partial charge in [-0.25, -0.2) is 4.98 Å². The quantitative estimate of drug-likeness (QED) is 0.364. The van der Waals surface area contributed by atoms with Crippen molar-refractivity contribution in [2.45, 2.75) is 99.7 Å². The molecule has 1 heterocycles. The highest BCUT2D eigenvalue weighted by Crippen LogP contribution is 2.20. The molecule has 0 saturated heterocycles. The van der Waals surface area contributed by atoms with Crippen molar-refractivity contribution in [1.82, 2.24) is 15.2 Å². The Labute approximate surface area is 201 Å². The van der Waals surface area contributed by atoms with Crippen LogP contribution in [0.4, 0.5) is 0 Å². The number of aliphatic carboxylic acids is 1. The SMILES string of the molecule is C#C.CC.CCC.COC(C)C.COC(NC(C)C(=O)O)N(C)Cc1csc(C(C)C)n1. The molecule has 2 atom stereocenters. The third-order valence-electron chi connectivity index (χ3n) is 3.33. The maximum Gasteiger partial charge on any atom is 0.320 e. The summed E-state index contributed by atoms with van der Waals surface area (Å²) in [6.07, 6.45) is 9.17. The summed E-state index contributed by atoms with van der Waals surface area (Å²) in [5.41, 5.74) is 0.966. The largest absolute Gasteiger partial charge is 0.480 e. The molecular weight excluding hydrogens is 426 g/mol. The molecule has 0 radical (unpaired) electrons. The van der Waals surface area contributed by atoms with Crippen LogP contribution >= 0.6 is 11.3 Å². The van der Waals surface area contributed by atoms with Crippen molar-refractivity contribution in [1.29, 1.82) is 0 Å². The molecule has 2 N–H and O–H groups in total. The van der Waals surface area contributed by atoms with Crippen molar-refractivity contribution in [3.63, 3.8) is 0 Å². The number of carboxylic acid groups (broad SMARTS) is 1. The Bertz CT molecular complexity index is 548. The van der Waals surface area contributed by atoms with Gasteiger partial charge in [-0.2, -0.15) is 0 Å². The van der Waals surface area contributed by atoms with Crippen LogP contribution in [0, 0.1) is 12.8 Å². The number of aromatic nitrogens is 1. The first-order valence-corrected chi connectivity index (χ1v) is 11.9. The van der Waals surface area contributed by atoms with E-state index in [1.807, 2.05) is 45.0 Å². The summed E-state index contributed by atoms with van der Waals surface area (Å²) < 4.78 is 10.0. The summed E-state index contributed by atoms with van der Waals surface area (Å²) in [5, 5.41) is 14.9. The Hall–Kier alpha value is -1.50. The predicted molar refractivity (Wildman–Crippen MR) is 138 cm³/mol. The molecule has 0 aliphatic carbocycles. The third kappa shape index (κ3) is 21.7. The van der Waals surface area contributed by atoms with Crippen LogP contribution in [0.15, 0.2) is 5.38 Å². The molecule has 2 unspecified atom stereocenters. The minimum Gasteiger partial charge on any atom is -0.480 e. The highest BCUT2D eigenvalue weighted by molar-refractivity contribution is 7.09. The van der Waals surface area contributed by atoms with E-state index in [0.717, 1.165) is 10.7 Å². The van der Waals surface area contributed by atoms with Crippen LogP contribution in [0.25, 0.3) is 0 Å². The third-order valence-corrected chi connectivity index (χ3v) is 4.53. The van der Waals surface area contributed by atoms with E-state index < -0.39 is 18.4 Å². The molecule has 1 aromatic heterocycles. The number of methoxy groups -OCH3 is 2. The molecule has 1 aromatic rings. The summed E-state index contributed by atoms with van der Waals surface area (Å²) >= 11 is 1.64. The smallest absolute Gasteiger partial charge is 0.320 e. The van der Waals surface area contributed by atoms with E-state index in [1.54, 1.807) is 32.5 Å². The molecule has 190 valence electrons. The maximum absolute atomic E-state index is 10.9. The van der Waals surface area contributed by atoms with E-state index in [0.29, 0.717) is 18.6 Å². The number of carbonyl (C=O) groups is 1. The number of ether oxygens (including phenoxy) is 2. The summed E-state index contributed by atoms with van der Waals surface area (Å²) in [6.45, 7) is 18.7. The molecular formula is C24H49N3O4S. The average Bonchev–Trinajstić information content (AvgIpc) is 3.24. The zero-order chi connectivity index (χ0) is 26.3. The zero-order valence-electron chi connectivity index (χ0n) is 22.4. The van der Waals surface area contributed by atoms with Gasteiger partial charge in [-0.3, -0.25) is 15.0 Å². The first kappa shape index (κ1) is 37.8. The fourth-order valence-electron chi connectivity index (χ4n) is 1.66. The van der Waals surface area contributed by atoms with E-state index in [2.05, 4.69) is 50.8 Å². The Morgan fingerprint density at radius 3 is 1.88 bits per heavy atom. The lowest BCUT2D eigenvalue weighted by Gasteiger charge is -2.28. The first-order chi connectivity index (χ1) is 15.0. The number of terminal acetylenes is 1. The minimum atomic E-state index is -0.906. The van der Waals surface area contributed by atoms with Crippen LogP contribution in [0.3, 0.4) is 0 Å². The number of rotatable bonds is 9. The number of hydrogen-bond donors (Lipinski definition) is 2. The molecule has 0 bridgehead atoms. The van der Waals surface area contributed by atoms with E-state index in [9.17, 15) is 4.79 Å². The molecule has 0 saturated carbocycles. The van der Waals surface area contributed by atoms with Crippen LogP contribution in [0.5, 0.6) is 0 Å². The van der Waals surface area contributed by atoms with Crippen LogP contribution in [0.2, 0.25) is 0 Å². The normalized spacial score (nSPS) is 11.5. The molecule has 0 aromatic carbocycles. The van der Waals surface area contributed by atoms with Crippen LogP contribution in [-0.4, -0.2) is 60.7 Å². The topological polar surface area (TPSA) is 83.9 Å². The number of carboxylic acids is 1. The van der Waals surface area contributed by atoms with Gasteiger partial charge in [0, 0.05) is 32.1 Å². The van der Waals surface area contributed by atoms with Gasteiger partial charge in [0.05, 0.1) is 16.8 Å². The number of nitrogens with zero attached hydrogens (tertiary/aromatic N) is 2. The Morgan fingerprint density at radius 1 is 1.16 bits per heavy atom. The fraction of sp³-hybridized carbons (Fsp3) is 0.750. The standard InChI is InChI=1S/C13H23N3O3S.C4H10O.C3H8.C2H6.C2H2/c1-8(2)11-15-10(7-20-11)6-16(4)13(19-5)14-9(3)12(17)18;1-4(2)5-3;1-3-2;2*1-2/h7-9,13-14H,6H2,1-5H3,(H,17,18);4H,1-3H3;3H2,1-2H3;1-2H3;1-2H. The van der Waals surface area contributed by atoms with Crippen LogP contribution < -0.4 is 5.32 Å². The molecule has 7 nitrogen and oxygen atoms in total. The molecule has 0 fully saturated rings. The Balaban J connectivity index is -0.000000273. The van der Waals surface area contributed by atoms with Gasteiger partial charge in [0.15, 0.2) is 6.35 Å². The second-order valence-corrected chi connectivity index (χ2v) is 7.94. The molecule has 0 aliphatic rings. The summed E-state index contributed by atoms with van der Waals surface area (Å²) in [4.78, 5) is 17.3. The fourth-order valence-corrected chi connectivity index (χ4v) is 2.49. The van der Waals surface area contributed by atoms with Gasteiger partial charge in [-0.1, -0.05) is 48.0 Å². The highest BCUT2D eigenvalue weighted by Gasteiger charge is 2.21. The van der Waals surface area contributed by atoms with Crippen LogP contribution in [-0.2, 0) is 20.8 Å². The number of nitrogens with one attached hydrogen (secondary N) is 1. The second kappa shape index (κ2) is 25.8. The molecule has 0 amide bonds. The minimum absolute atomic E-state index is 0.384. The van der Waals surface area contributed by atoms with Crippen molar-refractivity contribution in [2.24, 2.45) is 0 Å². The van der Waals surface area contributed by atoms with Gasteiger partial charge in [0.2, 0.25) is 0 Å². The molecule has 0 aliphatic heterocycles. The Kier molecular flexibility index (Phi) is 30.4. The number of thiazole rings is 1. The van der Waals surface area contributed by atoms with Crippen molar-refractivity contribution < 1.29 is 19.4 Å². The lowest BCUT2D eigenvalue weighted by molar-refractivity contribution is -0.142. The average molecular weight is 476 g/mol. The zero-order valence-corrected chi connectivity index (χ0v) is 23.2. The van der Waals surface area contributed by atoms with Gasteiger partial charge in [0.1, 0.15) is 6.04 Å². The summed E-state index contributed by atoms with van der Waals surface area (Å²) in [5.74, 6) is -0.487. The van der Waals surface area contributed by atoms with Gasteiger partial charge in [-0.05, 0) is 27.8 Å². The number of hydrogen-bond acceptors (Lipinski definition) is 7. The molecule has 8 heteroatoms. The van der Waals surface area contributed by atoms with E-state index >= 15 is 0 Å². The van der Waals surface area contributed by atoms with Crippen LogP contribution in [0.1, 0.15) is 85.4 Å². The van der Waals surface area contributed by atoms with Gasteiger partial charge >= 0.3 is 5.97 Å². The Morgan fingerprint density at radius 2 is 1.59 bits per heavy atom. The van der Waals surface area contributed by atoms with Crippen molar-refractivity contribution >= 4 is 17.3 Å². The van der Waals surface area contributed by atoms with Gasteiger partial charge < -0.3 is 14.6 Å². The van der Waals surface area contributed by atoms with Crippen molar-refractivity contribution in [3.8, 4) is 12.8 Å². The van der Waals surface area contributed by atoms with Gasteiger partial charge in [-0.15, -0.1) is 24.2 Å². The second-order valence-electron chi connectivity index (χ2n) is 7.05. The molecule has 0 spiro atoms.